The van der Waals surface area contributed by atoms with E-state index in [9.17, 15) is 9.59 Å². The molecule has 1 aliphatic heterocycles. The monoisotopic (exact) mass is 172 g/mol. The molecule has 0 saturated heterocycles. The van der Waals surface area contributed by atoms with Gasteiger partial charge in [0.2, 0.25) is 0 Å². The molecule has 1 heterocycles. The van der Waals surface area contributed by atoms with Gasteiger partial charge in [-0.1, -0.05) is 0 Å². The fraction of sp³-hybridized carbons (Fsp3) is 0.429. The Morgan fingerprint density at radius 3 is 3.00 bits per heavy atom. The van der Waals surface area contributed by atoms with Crippen molar-refractivity contribution in [2.24, 2.45) is 0 Å². The molecule has 5 nitrogen and oxygen atoms in total. The van der Waals surface area contributed by atoms with Crippen molar-refractivity contribution < 1.29 is 23.8 Å². The standard InChI is InChI=1S/C7H8O5/c1-2-10-6(8)5-3-11-7(9)12-4-5/h3H,2,4H2,1H3. The van der Waals surface area contributed by atoms with E-state index >= 15 is 0 Å². The van der Waals surface area contributed by atoms with E-state index in [4.69, 9.17) is 0 Å². The highest BCUT2D eigenvalue weighted by molar-refractivity contribution is 5.89. The molecule has 0 aromatic heterocycles. The lowest BCUT2D eigenvalue weighted by Crippen LogP contribution is -2.20. The van der Waals surface area contributed by atoms with Crippen LogP contribution in [-0.4, -0.2) is 25.3 Å². The van der Waals surface area contributed by atoms with Gasteiger partial charge in [0, 0.05) is 0 Å². The third-order valence-corrected chi connectivity index (χ3v) is 1.18. The number of cyclic esters (lactones) is 2. The van der Waals surface area contributed by atoms with Crippen molar-refractivity contribution in [2.45, 2.75) is 6.92 Å². The smallest absolute Gasteiger partial charge is 0.462 e. The molecule has 0 fully saturated rings. The summed E-state index contributed by atoms with van der Waals surface area (Å²) in [6.07, 6.45) is 0.243. The molecular formula is C7H8O5. The number of esters is 1. The minimum absolute atomic E-state index is 0.0856. The minimum atomic E-state index is -0.803. The van der Waals surface area contributed by atoms with Crippen LogP contribution in [0.5, 0.6) is 0 Å². The number of hydrogen-bond donors (Lipinski definition) is 0. The van der Waals surface area contributed by atoms with Crippen molar-refractivity contribution in [3.63, 3.8) is 0 Å². The Morgan fingerprint density at radius 1 is 1.75 bits per heavy atom. The molecule has 0 aliphatic carbocycles. The van der Waals surface area contributed by atoms with Crippen molar-refractivity contribution in [3.05, 3.63) is 11.8 Å². The predicted molar refractivity (Wildman–Crippen MR) is 37.1 cm³/mol. The van der Waals surface area contributed by atoms with Gasteiger partial charge in [-0.2, -0.15) is 0 Å². The first-order chi connectivity index (χ1) is 5.74. The summed E-state index contributed by atoms with van der Waals surface area (Å²) in [5.41, 5.74) is 0.205. The van der Waals surface area contributed by atoms with Gasteiger partial charge in [0.1, 0.15) is 18.4 Å². The molecule has 1 aliphatic rings. The van der Waals surface area contributed by atoms with E-state index in [1.165, 1.54) is 0 Å². The normalized spacial score (nSPS) is 15.8. The molecule has 0 spiro atoms. The van der Waals surface area contributed by atoms with E-state index in [1.54, 1.807) is 6.92 Å². The molecule has 0 aromatic rings. The van der Waals surface area contributed by atoms with Crippen LogP contribution in [0.4, 0.5) is 4.79 Å². The second-order valence-corrected chi connectivity index (χ2v) is 2.02. The highest BCUT2D eigenvalue weighted by atomic mass is 16.7. The van der Waals surface area contributed by atoms with Gasteiger partial charge in [-0.3, -0.25) is 0 Å². The average molecular weight is 172 g/mol. The first-order valence-electron chi connectivity index (χ1n) is 3.43. The lowest BCUT2D eigenvalue weighted by molar-refractivity contribution is -0.139. The predicted octanol–water partition coefficient (Wildman–Crippen LogP) is 0.600. The molecule has 0 radical (unpaired) electrons. The Labute approximate surface area is 68.9 Å². The SMILES string of the molecule is CCOC(=O)C1=COC(=O)OC1. The molecule has 1 rings (SSSR count). The Morgan fingerprint density at radius 2 is 2.50 bits per heavy atom. The maximum absolute atomic E-state index is 10.9. The summed E-state index contributed by atoms with van der Waals surface area (Å²) < 4.78 is 13.4. The molecule has 0 bridgehead atoms. The lowest BCUT2D eigenvalue weighted by atomic mass is 10.3. The van der Waals surface area contributed by atoms with Crippen LogP contribution in [0.3, 0.4) is 0 Å². The molecule has 0 N–H and O–H groups in total. The zero-order valence-corrected chi connectivity index (χ0v) is 6.53. The zero-order chi connectivity index (χ0) is 8.97. The third kappa shape index (κ3) is 1.98. The van der Waals surface area contributed by atoms with Gasteiger partial charge in [-0.05, 0) is 6.92 Å². The second kappa shape index (κ2) is 3.75. The molecule has 0 aromatic carbocycles. The van der Waals surface area contributed by atoms with Crippen LogP contribution in [0.2, 0.25) is 0 Å². The summed E-state index contributed by atoms with van der Waals surface area (Å²) in [5.74, 6) is -0.523. The number of rotatable bonds is 2. The van der Waals surface area contributed by atoms with E-state index in [0.717, 1.165) is 6.26 Å². The fourth-order valence-corrected chi connectivity index (χ4v) is 0.655. The van der Waals surface area contributed by atoms with Crippen LogP contribution in [-0.2, 0) is 19.0 Å². The van der Waals surface area contributed by atoms with E-state index in [2.05, 4.69) is 14.2 Å². The van der Waals surface area contributed by atoms with Crippen LogP contribution in [0.25, 0.3) is 0 Å². The van der Waals surface area contributed by atoms with Crippen molar-refractivity contribution in [1.82, 2.24) is 0 Å². The maximum Gasteiger partial charge on any atom is 0.513 e. The van der Waals surface area contributed by atoms with E-state index in [0.29, 0.717) is 0 Å². The first kappa shape index (κ1) is 8.58. The molecular weight excluding hydrogens is 164 g/mol. The van der Waals surface area contributed by atoms with Gasteiger partial charge in [0.15, 0.2) is 0 Å². The molecule has 0 atom stereocenters. The number of ether oxygens (including phenoxy) is 3. The summed E-state index contributed by atoms with van der Waals surface area (Å²) in [4.78, 5) is 21.3. The Hall–Kier alpha value is -1.52. The highest BCUT2D eigenvalue weighted by Crippen LogP contribution is 2.06. The van der Waals surface area contributed by atoms with Gasteiger partial charge >= 0.3 is 12.1 Å². The van der Waals surface area contributed by atoms with E-state index in [-0.39, 0.29) is 18.8 Å². The van der Waals surface area contributed by atoms with Crippen LogP contribution >= 0.6 is 0 Å². The highest BCUT2D eigenvalue weighted by Gasteiger charge is 2.19. The number of carbonyl (C=O) groups excluding carboxylic acids is 2. The van der Waals surface area contributed by atoms with Crippen LogP contribution in [0.1, 0.15) is 6.92 Å². The average Bonchev–Trinajstić information content (AvgIpc) is 2.06. The van der Waals surface area contributed by atoms with Gasteiger partial charge in [-0.15, -0.1) is 0 Å². The van der Waals surface area contributed by atoms with Crippen LogP contribution < -0.4 is 0 Å². The van der Waals surface area contributed by atoms with Crippen molar-refractivity contribution >= 4 is 12.1 Å². The molecule has 0 saturated carbocycles. The minimum Gasteiger partial charge on any atom is -0.462 e. The lowest BCUT2D eigenvalue weighted by Gasteiger charge is -2.11. The summed E-state index contributed by atoms with van der Waals surface area (Å²) in [6.45, 7) is 1.88. The molecule has 66 valence electrons. The third-order valence-electron chi connectivity index (χ3n) is 1.18. The van der Waals surface area contributed by atoms with Gasteiger partial charge in [-0.25, -0.2) is 9.59 Å². The van der Waals surface area contributed by atoms with Gasteiger partial charge in [0.25, 0.3) is 0 Å². The van der Waals surface area contributed by atoms with Crippen LogP contribution in [0.15, 0.2) is 11.8 Å². The molecule has 5 heteroatoms. The van der Waals surface area contributed by atoms with Gasteiger partial charge < -0.3 is 14.2 Å². The fourth-order valence-electron chi connectivity index (χ4n) is 0.655. The Balaban J connectivity index is 2.52. The maximum atomic E-state index is 10.9. The summed E-state index contributed by atoms with van der Waals surface area (Å²) >= 11 is 0. The Kier molecular flexibility index (Phi) is 2.68. The van der Waals surface area contributed by atoms with Crippen molar-refractivity contribution in [1.29, 1.82) is 0 Å². The summed E-state index contributed by atoms with van der Waals surface area (Å²) in [6, 6.07) is 0. The topological polar surface area (TPSA) is 61.8 Å². The summed E-state index contributed by atoms with van der Waals surface area (Å²) in [7, 11) is 0. The Bertz CT molecular complexity index is 230. The quantitative estimate of drug-likeness (QED) is 0.571. The van der Waals surface area contributed by atoms with E-state index < -0.39 is 12.1 Å². The second-order valence-electron chi connectivity index (χ2n) is 2.02. The first-order valence-corrected chi connectivity index (χ1v) is 3.43. The number of hydrogen-bond acceptors (Lipinski definition) is 5. The van der Waals surface area contributed by atoms with E-state index in [1.807, 2.05) is 0 Å². The number of carbonyl (C=O) groups is 2. The zero-order valence-electron chi connectivity index (χ0n) is 6.53. The molecule has 0 amide bonds. The summed E-state index contributed by atoms with van der Waals surface area (Å²) in [5, 5.41) is 0. The largest absolute Gasteiger partial charge is 0.513 e. The van der Waals surface area contributed by atoms with Crippen molar-refractivity contribution in [3.8, 4) is 0 Å². The van der Waals surface area contributed by atoms with Gasteiger partial charge in [0.05, 0.1) is 6.61 Å². The molecule has 12 heavy (non-hydrogen) atoms. The van der Waals surface area contributed by atoms with Crippen LogP contribution in [0, 0.1) is 0 Å². The van der Waals surface area contributed by atoms with Crippen molar-refractivity contribution in [2.75, 3.05) is 13.2 Å². The molecule has 0 unspecified atom stereocenters.